The third-order valence-electron chi connectivity index (χ3n) is 5.06. The maximum absolute atomic E-state index is 6.34. The van der Waals surface area contributed by atoms with E-state index in [0.29, 0.717) is 10.0 Å². The summed E-state index contributed by atoms with van der Waals surface area (Å²) in [6, 6.07) is 3.65. The number of fused-ring (bicyclic) bond motifs is 1. The van der Waals surface area contributed by atoms with E-state index in [2.05, 4.69) is 37.8 Å². The number of halogens is 2. The second-order valence-corrected chi connectivity index (χ2v) is 8.80. The first-order valence-electron chi connectivity index (χ1n) is 8.75. The fourth-order valence-electron chi connectivity index (χ4n) is 3.83. The quantitative estimate of drug-likeness (QED) is 0.700. The normalized spacial score (nSPS) is 22.0. The van der Waals surface area contributed by atoms with Gasteiger partial charge in [-0.15, -0.1) is 0 Å². The van der Waals surface area contributed by atoms with Crippen LogP contribution in [0.25, 0.3) is 0 Å². The van der Waals surface area contributed by atoms with Gasteiger partial charge in [0.2, 0.25) is 0 Å². The minimum Gasteiger partial charge on any atom is -0.488 e. The van der Waals surface area contributed by atoms with Gasteiger partial charge in [-0.1, -0.05) is 50.9 Å². The standard InChI is InChI=1S/C19H25Cl2N3O2/c1-11-13-6-12(20)7-14(21)17(13)26-16(11)8-15(24-10-22-9-23-24)18(25-5)19(2,3)4/h6-7,9-11,15-16,18H,8H2,1-5H3. The lowest BCUT2D eigenvalue weighted by atomic mass is 9.81. The Bertz CT molecular complexity index is 759. The molecule has 5 nitrogen and oxygen atoms in total. The minimum atomic E-state index is -0.0684. The van der Waals surface area contributed by atoms with Crippen LogP contribution in [0.3, 0.4) is 0 Å². The summed E-state index contributed by atoms with van der Waals surface area (Å²) in [6.45, 7) is 8.63. The summed E-state index contributed by atoms with van der Waals surface area (Å²) in [5, 5.41) is 5.55. The Balaban J connectivity index is 1.90. The van der Waals surface area contributed by atoms with Crippen LogP contribution in [0.2, 0.25) is 10.0 Å². The van der Waals surface area contributed by atoms with Crippen molar-refractivity contribution in [3.05, 3.63) is 40.4 Å². The smallest absolute Gasteiger partial charge is 0.142 e. The van der Waals surface area contributed by atoms with Gasteiger partial charge in [-0.25, -0.2) is 9.67 Å². The molecular weight excluding hydrogens is 373 g/mol. The molecule has 0 aliphatic carbocycles. The van der Waals surface area contributed by atoms with Crippen LogP contribution in [-0.2, 0) is 4.74 Å². The molecule has 0 saturated carbocycles. The second kappa shape index (κ2) is 7.37. The van der Waals surface area contributed by atoms with Gasteiger partial charge in [0.25, 0.3) is 0 Å². The van der Waals surface area contributed by atoms with Crippen molar-refractivity contribution < 1.29 is 9.47 Å². The molecular formula is C19H25Cl2N3O2. The van der Waals surface area contributed by atoms with Crippen molar-refractivity contribution in [2.45, 2.75) is 58.3 Å². The number of hydrogen-bond acceptors (Lipinski definition) is 4. The van der Waals surface area contributed by atoms with Gasteiger partial charge in [-0.05, 0) is 17.5 Å². The molecule has 1 aromatic heterocycles. The number of benzene rings is 1. The van der Waals surface area contributed by atoms with Gasteiger partial charge in [-0.3, -0.25) is 0 Å². The average molecular weight is 398 g/mol. The molecule has 142 valence electrons. The number of nitrogens with zero attached hydrogens (tertiary/aromatic N) is 3. The summed E-state index contributed by atoms with van der Waals surface area (Å²) in [6.07, 6.45) is 3.91. The average Bonchev–Trinajstić information content (AvgIpc) is 3.16. The molecule has 2 heterocycles. The van der Waals surface area contributed by atoms with Gasteiger partial charge in [0, 0.05) is 30.0 Å². The largest absolute Gasteiger partial charge is 0.488 e. The molecule has 0 bridgehead atoms. The molecule has 26 heavy (non-hydrogen) atoms. The van der Waals surface area contributed by atoms with Crippen LogP contribution in [0, 0.1) is 5.41 Å². The Labute approximate surface area is 164 Å². The zero-order valence-corrected chi connectivity index (χ0v) is 17.3. The summed E-state index contributed by atoms with van der Waals surface area (Å²) in [4.78, 5) is 4.12. The first-order chi connectivity index (χ1) is 12.2. The molecule has 0 amide bonds. The summed E-state index contributed by atoms with van der Waals surface area (Å²) in [7, 11) is 1.74. The molecule has 3 rings (SSSR count). The van der Waals surface area contributed by atoms with E-state index < -0.39 is 0 Å². The highest BCUT2D eigenvalue weighted by Crippen LogP contribution is 2.47. The van der Waals surface area contributed by atoms with Crippen LogP contribution in [0.15, 0.2) is 24.8 Å². The fraction of sp³-hybridized carbons (Fsp3) is 0.579. The summed E-state index contributed by atoms with van der Waals surface area (Å²) >= 11 is 12.5. The Morgan fingerprint density at radius 2 is 2.04 bits per heavy atom. The molecule has 0 fully saturated rings. The molecule has 0 N–H and O–H groups in total. The second-order valence-electron chi connectivity index (χ2n) is 7.95. The van der Waals surface area contributed by atoms with Gasteiger partial charge < -0.3 is 9.47 Å². The molecule has 0 radical (unpaired) electrons. The van der Waals surface area contributed by atoms with Gasteiger partial charge in [0.05, 0.1) is 17.2 Å². The van der Waals surface area contributed by atoms with Crippen molar-refractivity contribution >= 4 is 23.2 Å². The third-order valence-corrected chi connectivity index (χ3v) is 5.56. The highest BCUT2D eigenvalue weighted by molar-refractivity contribution is 6.35. The van der Waals surface area contributed by atoms with Crippen molar-refractivity contribution in [1.82, 2.24) is 14.8 Å². The Hall–Kier alpha value is -1.30. The number of hydrogen-bond donors (Lipinski definition) is 0. The first kappa shape index (κ1) is 19.5. The maximum Gasteiger partial charge on any atom is 0.142 e. The zero-order valence-electron chi connectivity index (χ0n) is 15.7. The van der Waals surface area contributed by atoms with Gasteiger partial charge in [0.15, 0.2) is 0 Å². The monoisotopic (exact) mass is 397 g/mol. The van der Waals surface area contributed by atoms with Crippen molar-refractivity contribution in [2.24, 2.45) is 5.41 Å². The molecule has 0 spiro atoms. The highest BCUT2D eigenvalue weighted by Gasteiger charge is 2.40. The van der Waals surface area contributed by atoms with E-state index in [1.54, 1.807) is 25.8 Å². The Morgan fingerprint density at radius 1 is 1.31 bits per heavy atom. The molecule has 4 atom stereocenters. The lowest BCUT2D eigenvalue weighted by molar-refractivity contribution is -0.0366. The highest BCUT2D eigenvalue weighted by atomic mass is 35.5. The van der Waals surface area contributed by atoms with Crippen LogP contribution in [0.5, 0.6) is 5.75 Å². The summed E-state index contributed by atoms with van der Waals surface area (Å²) < 4.78 is 14.0. The summed E-state index contributed by atoms with van der Waals surface area (Å²) in [5.74, 6) is 0.903. The number of rotatable bonds is 5. The number of methoxy groups -OCH3 is 1. The van der Waals surface area contributed by atoms with Crippen LogP contribution in [0.1, 0.15) is 51.6 Å². The van der Waals surface area contributed by atoms with E-state index in [4.69, 9.17) is 32.7 Å². The van der Waals surface area contributed by atoms with E-state index in [1.165, 1.54) is 0 Å². The summed E-state index contributed by atoms with van der Waals surface area (Å²) in [5.41, 5.74) is 0.982. The number of ether oxygens (including phenoxy) is 2. The minimum absolute atomic E-state index is 0.0153. The lowest BCUT2D eigenvalue weighted by Gasteiger charge is -2.37. The van der Waals surface area contributed by atoms with Crippen LogP contribution in [0.4, 0.5) is 0 Å². The van der Waals surface area contributed by atoms with E-state index in [-0.39, 0.29) is 29.6 Å². The Kier molecular flexibility index (Phi) is 5.52. The lowest BCUT2D eigenvalue weighted by Crippen LogP contribution is -2.40. The molecule has 0 saturated heterocycles. The molecule has 7 heteroatoms. The van der Waals surface area contributed by atoms with E-state index in [1.807, 2.05) is 10.7 Å². The molecule has 2 aromatic rings. The van der Waals surface area contributed by atoms with Crippen LogP contribution in [-0.4, -0.2) is 34.1 Å². The van der Waals surface area contributed by atoms with E-state index >= 15 is 0 Å². The SMILES string of the molecule is COC(C(CC1Oc2c(Cl)cc(Cl)cc2C1C)n1cncn1)C(C)(C)C. The van der Waals surface area contributed by atoms with Crippen molar-refractivity contribution in [1.29, 1.82) is 0 Å². The van der Waals surface area contributed by atoms with Crippen molar-refractivity contribution in [3.63, 3.8) is 0 Å². The third kappa shape index (κ3) is 3.71. The van der Waals surface area contributed by atoms with E-state index in [0.717, 1.165) is 17.7 Å². The Morgan fingerprint density at radius 3 is 2.62 bits per heavy atom. The topological polar surface area (TPSA) is 49.2 Å². The van der Waals surface area contributed by atoms with Crippen LogP contribution < -0.4 is 4.74 Å². The predicted octanol–water partition coefficient (Wildman–Crippen LogP) is 5.14. The van der Waals surface area contributed by atoms with Gasteiger partial charge >= 0.3 is 0 Å². The van der Waals surface area contributed by atoms with Crippen molar-refractivity contribution in [3.8, 4) is 5.75 Å². The molecule has 4 unspecified atom stereocenters. The molecule has 1 aliphatic rings. The zero-order chi connectivity index (χ0) is 19.1. The molecule has 1 aromatic carbocycles. The van der Waals surface area contributed by atoms with E-state index in [9.17, 15) is 0 Å². The van der Waals surface area contributed by atoms with Crippen molar-refractivity contribution in [2.75, 3.05) is 7.11 Å². The van der Waals surface area contributed by atoms with Gasteiger partial charge in [0.1, 0.15) is 24.5 Å². The number of aromatic nitrogens is 3. The first-order valence-corrected chi connectivity index (χ1v) is 9.50. The van der Waals surface area contributed by atoms with Crippen LogP contribution >= 0.6 is 23.2 Å². The predicted molar refractivity (Wildman–Crippen MR) is 103 cm³/mol. The van der Waals surface area contributed by atoms with Gasteiger partial charge in [-0.2, -0.15) is 5.10 Å². The fourth-order valence-corrected chi connectivity index (χ4v) is 4.39. The maximum atomic E-state index is 6.34. The molecule has 1 aliphatic heterocycles.